The van der Waals surface area contributed by atoms with Gasteiger partial charge in [-0.2, -0.15) is 5.26 Å². The molecule has 2 aliphatic heterocycles. The van der Waals surface area contributed by atoms with E-state index in [2.05, 4.69) is 37.1 Å². The zero-order chi connectivity index (χ0) is 23.8. The van der Waals surface area contributed by atoms with E-state index in [1.807, 2.05) is 12.1 Å². The highest BCUT2D eigenvalue weighted by molar-refractivity contribution is 6.09. The maximum Gasteiger partial charge on any atom is 0.325 e. The second-order valence-electron chi connectivity index (χ2n) is 10.6. The van der Waals surface area contributed by atoms with Crippen LogP contribution in [-0.4, -0.2) is 65.9 Å². The quantitative estimate of drug-likeness (QED) is 0.713. The summed E-state index contributed by atoms with van der Waals surface area (Å²) in [5.74, 6) is -0.123. The number of anilines is 1. The third kappa shape index (κ3) is 4.68. The molecule has 176 valence electrons. The van der Waals surface area contributed by atoms with Gasteiger partial charge in [-0.15, -0.1) is 0 Å². The molecule has 0 bridgehead atoms. The molecule has 0 radical (unpaired) electrons. The first-order valence-corrected chi connectivity index (χ1v) is 11.8. The second kappa shape index (κ2) is 8.69. The molecular formula is C25H33N5O3. The van der Waals surface area contributed by atoms with Crippen LogP contribution in [0.4, 0.5) is 10.5 Å². The molecule has 1 spiro atoms. The molecule has 0 aromatic heterocycles. The molecule has 4 amide bonds. The Bertz CT molecular complexity index is 983. The normalized spacial score (nSPS) is 27.3. The summed E-state index contributed by atoms with van der Waals surface area (Å²) in [6, 6.07) is 9.12. The zero-order valence-electron chi connectivity index (χ0n) is 19.8. The van der Waals surface area contributed by atoms with Gasteiger partial charge in [0.2, 0.25) is 5.91 Å². The van der Waals surface area contributed by atoms with Crippen molar-refractivity contribution in [2.24, 2.45) is 11.3 Å². The van der Waals surface area contributed by atoms with Crippen molar-refractivity contribution in [3.63, 3.8) is 0 Å². The molecule has 2 atom stereocenters. The molecule has 4 rings (SSSR count). The van der Waals surface area contributed by atoms with Crippen molar-refractivity contribution in [3.8, 4) is 6.07 Å². The average Bonchev–Trinajstić information content (AvgIpc) is 2.93. The minimum absolute atomic E-state index is 0.0414. The molecule has 1 saturated carbocycles. The van der Waals surface area contributed by atoms with Gasteiger partial charge in [-0.25, -0.2) is 4.79 Å². The first-order valence-electron chi connectivity index (χ1n) is 11.8. The van der Waals surface area contributed by atoms with Crippen LogP contribution in [-0.2, 0) is 9.59 Å². The first-order chi connectivity index (χ1) is 15.6. The number of hydrogen-bond acceptors (Lipinski definition) is 5. The number of nitrogens with one attached hydrogen (secondary N) is 1. The van der Waals surface area contributed by atoms with E-state index in [9.17, 15) is 14.4 Å². The molecule has 2 saturated heterocycles. The fourth-order valence-electron chi connectivity index (χ4n) is 6.06. The Kier molecular flexibility index (Phi) is 6.08. The van der Waals surface area contributed by atoms with Crippen molar-refractivity contribution in [3.05, 3.63) is 29.8 Å². The van der Waals surface area contributed by atoms with Gasteiger partial charge in [-0.1, -0.05) is 20.8 Å². The number of nitriles is 1. The van der Waals surface area contributed by atoms with Crippen molar-refractivity contribution in [1.82, 2.24) is 15.1 Å². The number of carbonyl (C=O) groups excluding carboxylic acids is 3. The number of hydrogen-bond donors (Lipinski definition) is 1. The zero-order valence-corrected chi connectivity index (χ0v) is 19.8. The minimum atomic E-state index is -0.885. The van der Waals surface area contributed by atoms with Crippen LogP contribution in [0.25, 0.3) is 0 Å². The molecule has 1 aromatic carbocycles. The van der Waals surface area contributed by atoms with Crippen molar-refractivity contribution in [2.45, 2.75) is 52.0 Å². The van der Waals surface area contributed by atoms with Gasteiger partial charge >= 0.3 is 6.03 Å². The number of imide groups is 1. The Morgan fingerprint density at radius 2 is 1.85 bits per heavy atom. The summed E-state index contributed by atoms with van der Waals surface area (Å²) >= 11 is 0. The predicted octanol–water partition coefficient (Wildman–Crippen LogP) is 2.73. The van der Waals surface area contributed by atoms with E-state index in [4.69, 9.17) is 5.26 Å². The third-order valence-electron chi connectivity index (χ3n) is 7.13. The molecule has 2 unspecified atom stereocenters. The monoisotopic (exact) mass is 451 g/mol. The van der Waals surface area contributed by atoms with Crippen LogP contribution in [0.1, 0.15) is 52.0 Å². The lowest BCUT2D eigenvalue weighted by molar-refractivity contribution is -0.140. The smallest absolute Gasteiger partial charge is 0.325 e. The van der Waals surface area contributed by atoms with Gasteiger partial charge in [-0.3, -0.25) is 14.5 Å². The Balaban J connectivity index is 1.39. The van der Waals surface area contributed by atoms with Gasteiger partial charge in [0.1, 0.15) is 12.1 Å². The van der Waals surface area contributed by atoms with Crippen molar-refractivity contribution >= 4 is 23.5 Å². The minimum Gasteiger partial charge on any atom is -0.370 e. The average molecular weight is 452 g/mol. The number of urea groups is 1. The van der Waals surface area contributed by atoms with Gasteiger partial charge < -0.3 is 15.1 Å². The summed E-state index contributed by atoms with van der Waals surface area (Å²) in [6.07, 6.45) is 3.03. The fourth-order valence-corrected chi connectivity index (χ4v) is 6.06. The highest BCUT2D eigenvalue weighted by Gasteiger charge is 2.56. The standard InChI is InChI=1S/C25H33N5O3/c1-18-13-24(2,3)17-25(14-18)22(32)30(23(33)27-25)16-21(31)29-10-4-9-28(11-12-29)20-7-5-19(15-26)6-8-20/h5-8,18H,4,9-14,16-17H2,1-3H3,(H,27,33). The summed E-state index contributed by atoms with van der Waals surface area (Å²) in [7, 11) is 0. The highest BCUT2D eigenvalue weighted by Crippen LogP contribution is 2.46. The largest absolute Gasteiger partial charge is 0.370 e. The van der Waals surface area contributed by atoms with Crippen molar-refractivity contribution in [2.75, 3.05) is 37.6 Å². The number of benzene rings is 1. The Labute approximate surface area is 195 Å². The topological polar surface area (TPSA) is 96.8 Å². The molecule has 2 heterocycles. The lowest BCUT2D eigenvalue weighted by Gasteiger charge is -2.43. The van der Waals surface area contributed by atoms with Crippen LogP contribution in [0.5, 0.6) is 0 Å². The van der Waals surface area contributed by atoms with E-state index in [0.717, 1.165) is 30.0 Å². The van der Waals surface area contributed by atoms with Crippen LogP contribution in [0, 0.1) is 22.7 Å². The molecular weight excluding hydrogens is 418 g/mol. The summed E-state index contributed by atoms with van der Waals surface area (Å²) in [5.41, 5.74) is 0.713. The summed E-state index contributed by atoms with van der Waals surface area (Å²) < 4.78 is 0. The SMILES string of the molecule is CC1CC(C)(C)CC2(C1)NC(=O)N(CC(=O)N1CCCN(c3ccc(C#N)cc3)CC1)C2=O. The lowest BCUT2D eigenvalue weighted by atomic mass is 9.64. The van der Waals surface area contributed by atoms with Crippen LogP contribution in [0.15, 0.2) is 24.3 Å². The number of carbonyl (C=O) groups is 3. The molecule has 3 aliphatic rings. The highest BCUT2D eigenvalue weighted by atomic mass is 16.2. The predicted molar refractivity (Wildman–Crippen MR) is 124 cm³/mol. The number of amides is 4. The Morgan fingerprint density at radius 3 is 2.52 bits per heavy atom. The molecule has 1 N–H and O–H groups in total. The molecule has 33 heavy (non-hydrogen) atoms. The fraction of sp³-hybridized carbons (Fsp3) is 0.600. The van der Waals surface area contributed by atoms with Gasteiger partial charge in [0.15, 0.2) is 0 Å². The maximum absolute atomic E-state index is 13.3. The van der Waals surface area contributed by atoms with E-state index >= 15 is 0 Å². The lowest BCUT2D eigenvalue weighted by Crippen LogP contribution is -2.54. The summed E-state index contributed by atoms with van der Waals surface area (Å²) in [4.78, 5) is 44.2. The number of nitrogens with zero attached hydrogens (tertiary/aromatic N) is 4. The van der Waals surface area contributed by atoms with Gasteiger partial charge in [0.25, 0.3) is 5.91 Å². The van der Waals surface area contributed by atoms with Crippen LogP contribution < -0.4 is 10.2 Å². The van der Waals surface area contributed by atoms with Gasteiger partial charge in [-0.05, 0) is 61.3 Å². The van der Waals surface area contributed by atoms with Gasteiger partial charge in [0, 0.05) is 31.9 Å². The Hall–Kier alpha value is -3.08. The molecule has 8 nitrogen and oxygen atoms in total. The van der Waals surface area contributed by atoms with E-state index in [1.165, 1.54) is 0 Å². The first kappa shape index (κ1) is 23.1. The van der Waals surface area contributed by atoms with E-state index in [-0.39, 0.29) is 23.8 Å². The molecule has 8 heteroatoms. The summed E-state index contributed by atoms with van der Waals surface area (Å²) in [6.45, 7) is 8.75. The Morgan fingerprint density at radius 1 is 1.12 bits per heavy atom. The van der Waals surface area contributed by atoms with Crippen LogP contribution >= 0.6 is 0 Å². The second-order valence-corrected chi connectivity index (χ2v) is 10.6. The molecule has 1 aliphatic carbocycles. The maximum atomic E-state index is 13.3. The third-order valence-corrected chi connectivity index (χ3v) is 7.13. The van der Waals surface area contributed by atoms with E-state index in [1.54, 1.807) is 17.0 Å². The molecule has 3 fully saturated rings. The molecule has 1 aromatic rings. The van der Waals surface area contributed by atoms with E-state index < -0.39 is 11.6 Å². The van der Waals surface area contributed by atoms with Gasteiger partial charge in [0.05, 0.1) is 11.6 Å². The van der Waals surface area contributed by atoms with Crippen LogP contribution in [0.3, 0.4) is 0 Å². The van der Waals surface area contributed by atoms with Crippen molar-refractivity contribution < 1.29 is 14.4 Å². The van der Waals surface area contributed by atoms with E-state index in [0.29, 0.717) is 44.0 Å². The summed E-state index contributed by atoms with van der Waals surface area (Å²) in [5, 5.41) is 11.9. The number of rotatable bonds is 3. The van der Waals surface area contributed by atoms with Crippen molar-refractivity contribution in [1.29, 1.82) is 5.26 Å². The van der Waals surface area contributed by atoms with Crippen LogP contribution in [0.2, 0.25) is 0 Å².